The number of hydrogen-bond donors (Lipinski definition) is 0. The Hall–Kier alpha value is -5.40. The molecule has 1 aliphatic rings. The van der Waals surface area contributed by atoms with Gasteiger partial charge in [-0.15, -0.1) is 0 Å². The maximum atomic E-state index is 9.65. The van der Waals surface area contributed by atoms with Gasteiger partial charge in [0.15, 0.2) is 0 Å². The highest BCUT2D eigenvalue weighted by atomic mass is 15.1. The van der Waals surface area contributed by atoms with Crippen molar-refractivity contribution in [1.82, 2.24) is 0 Å². The van der Waals surface area contributed by atoms with Gasteiger partial charge in [0.1, 0.15) is 0 Å². The van der Waals surface area contributed by atoms with E-state index in [-0.39, 0.29) is 35.3 Å². The average molecular weight is 568 g/mol. The van der Waals surface area contributed by atoms with Crippen molar-refractivity contribution in [1.29, 1.82) is 0 Å². The zero-order valence-electron chi connectivity index (χ0n) is 28.7. The summed E-state index contributed by atoms with van der Waals surface area (Å²) in [6.45, 7) is 4.47. The van der Waals surface area contributed by atoms with Crippen molar-refractivity contribution in [2.75, 3.05) is 4.90 Å². The second-order valence-corrected chi connectivity index (χ2v) is 11.9. The minimum absolute atomic E-state index is 0.0476. The molecule has 7 aromatic rings. The molecule has 0 aromatic heterocycles. The van der Waals surface area contributed by atoms with E-state index in [1.807, 2.05) is 77.7 Å². The van der Waals surface area contributed by atoms with E-state index in [1.165, 1.54) is 22.3 Å². The van der Waals surface area contributed by atoms with Crippen LogP contribution in [0.4, 0.5) is 17.1 Å². The van der Waals surface area contributed by atoms with Crippen LogP contribution in [0.25, 0.3) is 44.2 Å². The van der Waals surface area contributed by atoms with Crippen LogP contribution in [0.1, 0.15) is 30.5 Å². The number of fused-ring (bicyclic) bond motifs is 4. The molecule has 0 aliphatic heterocycles. The Kier molecular flexibility index (Phi) is 5.24. The van der Waals surface area contributed by atoms with E-state index < -0.39 is 0 Å². The smallest absolute Gasteiger partial charge is 0.0651 e. The first-order valence-electron chi connectivity index (χ1n) is 17.0. The lowest BCUT2D eigenvalue weighted by Crippen LogP contribution is -2.16. The Morgan fingerprint density at radius 1 is 0.477 bits per heavy atom. The van der Waals surface area contributed by atoms with Crippen molar-refractivity contribution in [2.45, 2.75) is 19.3 Å². The van der Waals surface area contributed by atoms with Crippen LogP contribution >= 0.6 is 0 Å². The maximum Gasteiger partial charge on any atom is 0.0651 e. The number of anilines is 3. The van der Waals surface area contributed by atoms with Gasteiger partial charge in [-0.2, -0.15) is 0 Å². The van der Waals surface area contributed by atoms with Crippen molar-refractivity contribution >= 4 is 27.8 Å². The Labute approximate surface area is 265 Å². The van der Waals surface area contributed by atoms with Gasteiger partial charge in [-0.1, -0.05) is 135 Å². The predicted molar refractivity (Wildman–Crippen MR) is 187 cm³/mol. The first-order chi connectivity index (χ1) is 23.2. The summed E-state index contributed by atoms with van der Waals surface area (Å²) in [4.78, 5) is 1.93. The lowest BCUT2D eigenvalue weighted by molar-refractivity contribution is 0.660. The molecule has 210 valence electrons. The highest BCUT2D eigenvalue weighted by Gasteiger charge is 2.35. The Morgan fingerprint density at radius 3 is 1.98 bits per heavy atom. The fourth-order valence-corrected chi connectivity index (χ4v) is 6.61. The summed E-state index contributed by atoms with van der Waals surface area (Å²) in [7, 11) is 0. The summed E-state index contributed by atoms with van der Waals surface area (Å²) in [5.41, 5.74) is 9.61. The first kappa shape index (κ1) is 22.2. The van der Waals surface area contributed by atoms with Gasteiger partial charge >= 0.3 is 0 Å². The van der Waals surface area contributed by atoms with Crippen molar-refractivity contribution in [3.05, 3.63) is 175 Å². The Bertz CT molecular complexity index is 2360. The molecule has 0 amide bonds. The summed E-state index contributed by atoms with van der Waals surface area (Å²) in [5.74, 6) is 0. The number of hydrogen-bond acceptors (Lipinski definition) is 1. The average Bonchev–Trinajstić information content (AvgIpc) is 3.35. The van der Waals surface area contributed by atoms with E-state index in [2.05, 4.69) is 80.6 Å². The normalized spacial score (nSPS) is 14.2. The van der Waals surface area contributed by atoms with Crippen LogP contribution in [0.5, 0.6) is 0 Å². The topological polar surface area (TPSA) is 3.24 Å². The van der Waals surface area contributed by atoms with Crippen LogP contribution < -0.4 is 4.90 Å². The predicted octanol–water partition coefficient (Wildman–Crippen LogP) is 11.9. The summed E-state index contributed by atoms with van der Waals surface area (Å²) in [6.07, 6.45) is 0. The number of rotatable bonds is 5. The minimum Gasteiger partial charge on any atom is -0.310 e. The fourth-order valence-electron chi connectivity index (χ4n) is 6.61. The third kappa shape index (κ3) is 4.41. The van der Waals surface area contributed by atoms with E-state index in [4.69, 9.17) is 2.74 Å². The van der Waals surface area contributed by atoms with Crippen molar-refractivity contribution in [3.63, 3.8) is 0 Å². The summed E-state index contributed by atoms with van der Waals surface area (Å²) < 4.78 is 36.9. The molecule has 44 heavy (non-hydrogen) atoms. The molecular formula is C43H33N. The molecule has 0 unspecified atom stereocenters. The van der Waals surface area contributed by atoms with E-state index in [0.29, 0.717) is 11.1 Å². The molecule has 0 atom stereocenters. The second-order valence-electron chi connectivity index (χ2n) is 11.9. The van der Waals surface area contributed by atoms with E-state index in [9.17, 15) is 2.74 Å². The number of benzene rings is 7. The molecule has 1 nitrogen and oxygen atoms in total. The highest BCUT2D eigenvalue weighted by molar-refractivity contribution is 5.89. The van der Waals surface area contributed by atoms with Gasteiger partial charge in [-0.25, -0.2) is 0 Å². The van der Waals surface area contributed by atoms with E-state index in [1.54, 1.807) is 0 Å². The molecule has 8 rings (SSSR count). The highest BCUT2D eigenvalue weighted by Crippen LogP contribution is 2.50. The fraction of sp³-hybridized carbons (Fsp3) is 0.0698. The van der Waals surface area contributed by atoms with Gasteiger partial charge in [-0.05, 0) is 97.7 Å². The van der Waals surface area contributed by atoms with Crippen LogP contribution in [0.3, 0.4) is 0 Å². The van der Waals surface area contributed by atoms with Crippen LogP contribution in [-0.2, 0) is 5.41 Å². The lowest BCUT2D eigenvalue weighted by atomic mass is 9.82. The van der Waals surface area contributed by atoms with Crippen LogP contribution in [0.2, 0.25) is 0 Å². The Balaban J connectivity index is 1.36. The molecule has 0 saturated carbocycles. The maximum absolute atomic E-state index is 9.65. The van der Waals surface area contributed by atoms with E-state index >= 15 is 0 Å². The van der Waals surface area contributed by atoms with Crippen LogP contribution in [-0.4, -0.2) is 0 Å². The van der Waals surface area contributed by atoms with Crippen molar-refractivity contribution < 1.29 is 5.48 Å². The Morgan fingerprint density at radius 2 is 1.14 bits per heavy atom. The first-order valence-corrected chi connectivity index (χ1v) is 15.0. The molecule has 0 fully saturated rings. The molecule has 1 heteroatoms. The van der Waals surface area contributed by atoms with Gasteiger partial charge in [0.25, 0.3) is 0 Å². The molecule has 7 aromatic carbocycles. The summed E-state index contributed by atoms with van der Waals surface area (Å²) in [5, 5.41) is 2.05. The van der Waals surface area contributed by atoms with E-state index in [0.717, 1.165) is 33.3 Å². The molecule has 0 radical (unpaired) electrons. The van der Waals surface area contributed by atoms with Crippen LogP contribution in [0.15, 0.2) is 164 Å². The van der Waals surface area contributed by atoms with Gasteiger partial charge in [-0.3, -0.25) is 0 Å². The van der Waals surface area contributed by atoms with Crippen molar-refractivity contribution in [3.8, 4) is 33.4 Å². The lowest BCUT2D eigenvalue weighted by Gasteiger charge is -2.28. The zero-order valence-corrected chi connectivity index (χ0v) is 24.7. The van der Waals surface area contributed by atoms with Gasteiger partial charge in [0.2, 0.25) is 0 Å². The molecule has 0 N–H and O–H groups in total. The molecule has 0 spiro atoms. The molecule has 0 bridgehead atoms. The second kappa shape index (κ2) is 10.4. The molecule has 0 saturated heterocycles. The summed E-state index contributed by atoms with van der Waals surface area (Å²) in [6, 6.07) is 46.7. The number of nitrogens with zero attached hydrogens (tertiary/aromatic N) is 1. The molecule has 1 aliphatic carbocycles. The minimum atomic E-state index is -0.250. The van der Waals surface area contributed by atoms with Gasteiger partial charge in [0, 0.05) is 22.5 Å². The zero-order chi connectivity index (χ0) is 33.2. The van der Waals surface area contributed by atoms with Gasteiger partial charge in [0.05, 0.1) is 5.48 Å². The quantitative estimate of drug-likeness (QED) is 0.200. The largest absolute Gasteiger partial charge is 0.310 e. The van der Waals surface area contributed by atoms with Crippen LogP contribution in [0, 0.1) is 0 Å². The third-order valence-corrected chi connectivity index (χ3v) is 8.93. The SMILES string of the molecule is [2H]c1c([2H])c(-c2ccc3ccccc3c2)c([2H])c(N(c2ccc(-c3ccccc3)cc2)c2ccc3c(c2)C(C)(C)c2ccccc2-3)c1[2H]. The van der Waals surface area contributed by atoms with Crippen molar-refractivity contribution in [2.24, 2.45) is 0 Å². The molecular weight excluding hydrogens is 530 g/mol. The third-order valence-electron chi connectivity index (χ3n) is 8.93. The summed E-state index contributed by atoms with van der Waals surface area (Å²) >= 11 is 0. The standard InChI is InChI=1S/C43H33N/c1-43(2)41-18-9-8-17-39(41)40-26-25-38(29-42(40)43)44(36-23-21-32(22-24-36)30-11-4-3-5-12-30)37-16-10-15-34(28-37)35-20-19-31-13-6-7-14-33(31)27-35/h3-29H,1-2H3/i10D,15D,16D,28D. The molecule has 0 heterocycles. The van der Waals surface area contributed by atoms with Gasteiger partial charge < -0.3 is 4.90 Å². The monoisotopic (exact) mass is 567 g/mol.